The molecule has 1 aliphatic rings. The van der Waals surface area contributed by atoms with E-state index >= 15 is 0 Å². The van der Waals surface area contributed by atoms with Crippen molar-refractivity contribution in [2.24, 2.45) is 0 Å². The summed E-state index contributed by atoms with van der Waals surface area (Å²) in [5.74, 6) is 1.50. The average molecular weight is 344 g/mol. The molecule has 0 atom stereocenters. The lowest BCUT2D eigenvalue weighted by Crippen LogP contribution is -2.45. The molecule has 5 heteroatoms. The molecule has 0 unspecified atom stereocenters. The van der Waals surface area contributed by atoms with E-state index in [2.05, 4.69) is 21.2 Å². The van der Waals surface area contributed by atoms with Gasteiger partial charge in [0.1, 0.15) is 0 Å². The SMILES string of the molecule is CCOC1CC(NCc2cc(OC)c(OC)cc2Br)C1. The van der Waals surface area contributed by atoms with Gasteiger partial charge in [-0.15, -0.1) is 0 Å². The van der Waals surface area contributed by atoms with Gasteiger partial charge in [0.15, 0.2) is 11.5 Å². The van der Waals surface area contributed by atoms with Gasteiger partial charge in [-0.25, -0.2) is 0 Å². The molecule has 0 bridgehead atoms. The Bertz CT molecular complexity index is 447. The molecule has 112 valence electrons. The van der Waals surface area contributed by atoms with Crippen molar-refractivity contribution in [2.75, 3.05) is 20.8 Å². The molecule has 0 amide bonds. The molecule has 1 N–H and O–H groups in total. The van der Waals surface area contributed by atoms with E-state index < -0.39 is 0 Å². The Morgan fingerprint density at radius 1 is 1.20 bits per heavy atom. The third-order valence-electron chi connectivity index (χ3n) is 3.63. The quantitative estimate of drug-likeness (QED) is 0.825. The van der Waals surface area contributed by atoms with Gasteiger partial charge in [-0.1, -0.05) is 15.9 Å². The first-order chi connectivity index (χ1) is 9.67. The first-order valence-electron chi connectivity index (χ1n) is 6.93. The first-order valence-corrected chi connectivity index (χ1v) is 7.72. The van der Waals surface area contributed by atoms with Crippen LogP contribution in [0.25, 0.3) is 0 Å². The molecule has 0 aliphatic heterocycles. The molecule has 1 aromatic rings. The van der Waals surface area contributed by atoms with Crippen molar-refractivity contribution in [2.45, 2.75) is 38.5 Å². The van der Waals surface area contributed by atoms with Gasteiger partial charge in [-0.2, -0.15) is 0 Å². The molecular weight excluding hydrogens is 322 g/mol. The number of hydrogen-bond acceptors (Lipinski definition) is 4. The molecule has 0 saturated heterocycles. The standard InChI is InChI=1S/C15H22BrNO3/c1-4-20-12-6-11(7-12)17-9-10-5-14(18-2)15(19-3)8-13(10)16/h5,8,11-12,17H,4,6-7,9H2,1-3H3. The largest absolute Gasteiger partial charge is 0.493 e. The minimum absolute atomic E-state index is 0.436. The normalized spacial score (nSPS) is 21.4. The molecule has 1 aliphatic carbocycles. The maximum absolute atomic E-state index is 5.56. The number of halogens is 1. The first kappa shape index (κ1) is 15.6. The second kappa shape index (κ2) is 7.29. The van der Waals surface area contributed by atoms with E-state index in [1.54, 1.807) is 14.2 Å². The van der Waals surface area contributed by atoms with Gasteiger partial charge in [0, 0.05) is 23.7 Å². The number of methoxy groups -OCH3 is 2. The number of ether oxygens (including phenoxy) is 3. The Balaban J connectivity index is 1.90. The highest BCUT2D eigenvalue weighted by atomic mass is 79.9. The molecule has 0 spiro atoms. The lowest BCUT2D eigenvalue weighted by Gasteiger charge is -2.35. The van der Waals surface area contributed by atoms with Crippen LogP contribution in [0, 0.1) is 0 Å². The van der Waals surface area contributed by atoms with Gasteiger partial charge in [0.05, 0.1) is 20.3 Å². The van der Waals surface area contributed by atoms with Crippen molar-refractivity contribution in [1.29, 1.82) is 0 Å². The maximum atomic E-state index is 5.56. The van der Waals surface area contributed by atoms with E-state index in [9.17, 15) is 0 Å². The van der Waals surface area contributed by atoms with Gasteiger partial charge in [0.25, 0.3) is 0 Å². The number of benzene rings is 1. The van der Waals surface area contributed by atoms with E-state index in [1.165, 1.54) is 5.56 Å². The molecule has 1 saturated carbocycles. The van der Waals surface area contributed by atoms with Gasteiger partial charge < -0.3 is 19.5 Å². The summed E-state index contributed by atoms with van der Waals surface area (Å²) in [6.07, 6.45) is 2.63. The van der Waals surface area contributed by atoms with Gasteiger partial charge >= 0.3 is 0 Å². The molecule has 1 aromatic carbocycles. The summed E-state index contributed by atoms with van der Waals surface area (Å²) in [6.45, 7) is 3.66. The summed E-state index contributed by atoms with van der Waals surface area (Å²) in [4.78, 5) is 0. The summed E-state index contributed by atoms with van der Waals surface area (Å²) >= 11 is 3.58. The number of rotatable bonds is 7. The fourth-order valence-corrected chi connectivity index (χ4v) is 2.85. The molecule has 4 nitrogen and oxygen atoms in total. The van der Waals surface area contributed by atoms with Crippen LogP contribution < -0.4 is 14.8 Å². The van der Waals surface area contributed by atoms with Gasteiger partial charge in [-0.3, -0.25) is 0 Å². The van der Waals surface area contributed by atoms with E-state index in [0.29, 0.717) is 12.1 Å². The minimum atomic E-state index is 0.436. The zero-order chi connectivity index (χ0) is 14.5. The highest BCUT2D eigenvalue weighted by Crippen LogP contribution is 2.33. The van der Waals surface area contributed by atoms with Crippen molar-refractivity contribution >= 4 is 15.9 Å². The van der Waals surface area contributed by atoms with Crippen LogP contribution in [0.5, 0.6) is 11.5 Å². The van der Waals surface area contributed by atoms with Gasteiger partial charge in [0.2, 0.25) is 0 Å². The fourth-order valence-electron chi connectivity index (χ4n) is 2.39. The van der Waals surface area contributed by atoms with E-state index in [4.69, 9.17) is 14.2 Å². The highest BCUT2D eigenvalue weighted by Gasteiger charge is 2.29. The highest BCUT2D eigenvalue weighted by molar-refractivity contribution is 9.10. The topological polar surface area (TPSA) is 39.7 Å². The summed E-state index contributed by atoms with van der Waals surface area (Å²) in [7, 11) is 3.30. The molecule has 2 rings (SSSR count). The van der Waals surface area contributed by atoms with Gasteiger partial charge in [-0.05, 0) is 37.5 Å². The smallest absolute Gasteiger partial charge is 0.161 e. The summed E-state index contributed by atoms with van der Waals surface area (Å²) in [6, 6.07) is 4.50. The molecule has 0 heterocycles. The van der Waals surface area contributed by atoms with Crippen LogP contribution in [-0.4, -0.2) is 33.0 Å². The van der Waals surface area contributed by atoms with E-state index in [-0.39, 0.29) is 0 Å². The number of nitrogens with one attached hydrogen (secondary N) is 1. The lowest BCUT2D eigenvalue weighted by molar-refractivity contribution is -0.0102. The Morgan fingerprint density at radius 2 is 1.85 bits per heavy atom. The van der Waals surface area contributed by atoms with Crippen LogP contribution in [0.4, 0.5) is 0 Å². The predicted octanol–water partition coefficient (Wildman–Crippen LogP) is 3.12. The van der Waals surface area contributed by atoms with Crippen LogP contribution in [0.1, 0.15) is 25.3 Å². The van der Waals surface area contributed by atoms with Crippen molar-refractivity contribution in [3.05, 3.63) is 22.2 Å². The lowest BCUT2D eigenvalue weighted by atomic mass is 9.89. The Labute approximate surface area is 128 Å². The van der Waals surface area contributed by atoms with Crippen molar-refractivity contribution < 1.29 is 14.2 Å². The molecular formula is C15H22BrNO3. The van der Waals surface area contributed by atoms with Crippen LogP contribution in [0.15, 0.2) is 16.6 Å². The maximum Gasteiger partial charge on any atom is 0.161 e. The Kier molecular flexibility index (Phi) is 5.69. The number of hydrogen-bond donors (Lipinski definition) is 1. The summed E-state index contributed by atoms with van der Waals surface area (Å²) in [5, 5.41) is 3.55. The van der Waals surface area contributed by atoms with Crippen molar-refractivity contribution in [3.63, 3.8) is 0 Å². The van der Waals surface area contributed by atoms with Crippen LogP contribution >= 0.6 is 15.9 Å². The molecule has 0 radical (unpaired) electrons. The zero-order valence-corrected chi connectivity index (χ0v) is 13.8. The van der Waals surface area contributed by atoms with Crippen LogP contribution in [0.3, 0.4) is 0 Å². The van der Waals surface area contributed by atoms with E-state index in [1.807, 2.05) is 19.1 Å². The average Bonchev–Trinajstić information content (AvgIpc) is 2.41. The second-order valence-corrected chi connectivity index (χ2v) is 5.78. The second-order valence-electron chi connectivity index (χ2n) is 4.93. The summed E-state index contributed by atoms with van der Waals surface area (Å²) in [5.41, 5.74) is 1.17. The fraction of sp³-hybridized carbons (Fsp3) is 0.600. The van der Waals surface area contributed by atoms with Crippen molar-refractivity contribution in [3.8, 4) is 11.5 Å². The Hall–Kier alpha value is -0.780. The summed E-state index contributed by atoms with van der Waals surface area (Å²) < 4.78 is 17.2. The zero-order valence-electron chi connectivity index (χ0n) is 12.2. The predicted molar refractivity (Wildman–Crippen MR) is 82.5 cm³/mol. The van der Waals surface area contributed by atoms with E-state index in [0.717, 1.165) is 42.0 Å². The molecule has 20 heavy (non-hydrogen) atoms. The monoisotopic (exact) mass is 343 g/mol. The third kappa shape index (κ3) is 3.65. The molecule has 1 fully saturated rings. The van der Waals surface area contributed by atoms with Crippen molar-refractivity contribution in [1.82, 2.24) is 5.32 Å². The minimum Gasteiger partial charge on any atom is -0.493 e. The third-order valence-corrected chi connectivity index (χ3v) is 4.37. The van der Waals surface area contributed by atoms with Crippen LogP contribution in [-0.2, 0) is 11.3 Å². The molecule has 0 aromatic heterocycles. The van der Waals surface area contributed by atoms with Crippen LogP contribution in [0.2, 0.25) is 0 Å². The Morgan fingerprint density at radius 3 is 2.45 bits per heavy atom.